The van der Waals surface area contributed by atoms with E-state index in [2.05, 4.69) is 0 Å². The summed E-state index contributed by atoms with van der Waals surface area (Å²) in [6.45, 7) is 1.89. The van der Waals surface area contributed by atoms with Gasteiger partial charge in [-0.3, -0.25) is 0 Å². The highest BCUT2D eigenvalue weighted by molar-refractivity contribution is 5.02. The fraction of sp³-hybridized carbons (Fsp3) is 1.00. The van der Waals surface area contributed by atoms with E-state index in [4.69, 9.17) is 0 Å². The summed E-state index contributed by atoms with van der Waals surface area (Å²) in [4.78, 5) is 0. The van der Waals surface area contributed by atoms with E-state index in [0.29, 0.717) is 11.8 Å². The van der Waals surface area contributed by atoms with E-state index in [0.717, 1.165) is 19.3 Å². The second-order valence-corrected chi connectivity index (χ2v) is 4.06. The van der Waals surface area contributed by atoms with Crippen molar-refractivity contribution in [1.29, 1.82) is 0 Å². The Labute approximate surface area is 60.9 Å². The number of hydrogen-bond acceptors (Lipinski definition) is 2. The Hall–Kier alpha value is -0.0800. The van der Waals surface area contributed by atoms with E-state index in [9.17, 15) is 10.2 Å². The van der Waals surface area contributed by atoms with Crippen molar-refractivity contribution in [1.82, 2.24) is 0 Å². The van der Waals surface area contributed by atoms with E-state index in [1.165, 1.54) is 0 Å². The van der Waals surface area contributed by atoms with Gasteiger partial charge in [0.25, 0.3) is 0 Å². The summed E-state index contributed by atoms with van der Waals surface area (Å²) in [5, 5.41) is 19.0. The molecule has 0 heterocycles. The summed E-state index contributed by atoms with van der Waals surface area (Å²) < 4.78 is 0. The van der Waals surface area contributed by atoms with Crippen molar-refractivity contribution in [2.45, 2.75) is 37.9 Å². The molecule has 4 atom stereocenters. The lowest BCUT2D eigenvalue weighted by Gasteiger charge is -2.30. The smallest absolute Gasteiger partial charge is 0.0652 e. The second kappa shape index (κ2) is 1.74. The summed E-state index contributed by atoms with van der Waals surface area (Å²) in [7, 11) is 0. The minimum absolute atomic E-state index is 0.120. The summed E-state index contributed by atoms with van der Waals surface area (Å²) in [5.74, 6) is 0.757. The van der Waals surface area contributed by atoms with Crippen LogP contribution >= 0.6 is 0 Å². The molecular formula is C8H14O2. The molecule has 2 heteroatoms. The highest BCUT2D eigenvalue weighted by Crippen LogP contribution is 2.50. The average molecular weight is 142 g/mol. The molecule has 2 nitrogen and oxygen atoms in total. The molecule has 58 valence electrons. The van der Waals surface area contributed by atoms with Crippen molar-refractivity contribution in [3.05, 3.63) is 0 Å². The molecule has 0 amide bonds. The first-order valence-corrected chi connectivity index (χ1v) is 4.00. The number of rotatable bonds is 0. The number of aliphatic hydroxyl groups excluding tert-OH is 1. The molecule has 0 radical (unpaired) electrons. The third kappa shape index (κ3) is 0.722. The fourth-order valence-electron chi connectivity index (χ4n) is 2.53. The van der Waals surface area contributed by atoms with Gasteiger partial charge in [0.15, 0.2) is 0 Å². The molecule has 0 unspecified atom stereocenters. The maximum atomic E-state index is 9.69. The predicted molar refractivity (Wildman–Crippen MR) is 37.5 cm³/mol. The van der Waals surface area contributed by atoms with Crippen LogP contribution in [0.25, 0.3) is 0 Å². The lowest BCUT2D eigenvalue weighted by Crippen LogP contribution is -2.35. The van der Waals surface area contributed by atoms with E-state index >= 15 is 0 Å². The molecule has 0 spiro atoms. The zero-order valence-corrected chi connectivity index (χ0v) is 6.25. The van der Waals surface area contributed by atoms with Gasteiger partial charge in [-0.25, -0.2) is 0 Å². The summed E-state index contributed by atoms with van der Waals surface area (Å²) >= 11 is 0. The van der Waals surface area contributed by atoms with Crippen LogP contribution in [0.4, 0.5) is 0 Å². The molecule has 2 N–H and O–H groups in total. The van der Waals surface area contributed by atoms with Crippen LogP contribution in [0.15, 0.2) is 0 Å². The summed E-state index contributed by atoms with van der Waals surface area (Å²) in [5.41, 5.74) is -0.468. The van der Waals surface area contributed by atoms with Gasteiger partial charge in [-0.05, 0) is 38.0 Å². The Morgan fingerprint density at radius 3 is 2.40 bits per heavy atom. The SMILES string of the molecule is C[C@@]1(O)C[C@@H]2C[C@H]1C[C@@H]2O. The highest BCUT2D eigenvalue weighted by Gasteiger charge is 2.51. The van der Waals surface area contributed by atoms with Gasteiger partial charge in [-0.1, -0.05) is 0 Å². The lowest BCUT2D eigenvalue weighted by atomic mass is 9.85. The van der Waals surface area contributed by atoms with Gasteiger partial charge in [0.1, 0.15) is 0 Å². The van der Waals surface area contributed by atoms with Crippen molar-refractivity contribution in [2.75, 3.05) is 0 Å². The van der Waals surface area contributed by atoms with Crippen LogP contribution in [0, 0.1) is 11.8 Å². The Kier molecular flexibility index (Phi) is 1.15. The molecule has 2 rings (SSSR count). The van der Waals surface area contributed by atoms with Gasteiger partial charge in [0, 0.05) is 0 Å². The molecule has 2 aliphatic carbocycles. The molecule has 2 aliphatic rings. The normalized spacial score (nSPS) is 59.7. The van der Waals surface area contributed by atoms with Crippen molar-refractivity contribution < 1.29 is 10.2 Å². The van der Waals surface area contributed by atoms with Crippen LogP contribution in [-0.2, 0) is 0 Å². The Bertz CT molecular complexity index is 151. The largest absolute Gasteiger partial charge is 0.393 e. The van der Waals surface area contributed by atoms with Crippen LogP contribution in [0.3, 0.4) is 0 Å². The molecular weight excluding hydrogens is 128 g/mol. The van der Waals surface area contributed by atoms with Crippen LogP contribution in [0.5, 0.6) is 0 Å². The molecule has 0 aromatic rings. The third-order valence-electron chi connectivity index (χ3n) is 3.21. The Morgan fingerprint density at radius 2 is 2.10 bits per heavy atom. The maximum absolute atomic E-state index is 9.69. The quantitative estimate of drug-likeness (QED) is 0.518. The molecule has 0 aromatic heterocycles. The number of fused-ring (bicyclic) bond motifs is 2. The molecule has 10 heavy (non-hydrogen) atoms. The predicted octanol–water partition coefficient (Wildman–Crippen LogP) is 0.528. The van der Waals surface area contributed by atoms with Gasteiger partial charge in [0.05, 0.1) is 11.7 Å². The van der Waals surface area contributed by atoms with Gasteiger partial charge in [0.2, 0.25) is 0 Å². The molecule has 2 bridgehead atoms. The molecule has 2 saturated carbocycles. The molecule has 0 aromatic carbocycles. The monoisotopic (exact) mass is 142 g/mol. The van der Waals surface area contributed by atoms with Gasteiger partial charge in [-0.15, -0.1) is 0 Å². The van der Waals surface area contributed by atoms with Gasteiger partial charge in [-0.2, -0.15) is 0 Å². The van der Waals surface area contributed by atoms with E-state index in [1.807, 2.05) is 6.92 Å². The molecule has 2 fully saturated rings. The van der Waals surface area contributed by atoms with Crippen LogP contribution < -0.4 is 0 Å². The summed E-state index contributed by atoms with van der Waals surface area (Å²) in [6.07, 6.45) is 2.54. The lowest BCUT2D eigenvalue weighted by molar-refractivity contribution is -0.0284. The Morgan fingerprint density at radius 1 is 1.40 bits per heavy atom. The minimum atomic E-state index is -0.468. The number of aliphatic hydroxyl groups is 2. The average Bonchev–Trinajstić information content (AvgIpc) is 2.21. The fourth-order valence-corrected chi connectivity index (χ4v) is 2.53. The molecule has 0 saturated heterocycles. The van der Waals surface area contributed by atoms with E-state index < -0.39 is 5.60 Å². The summed E-state index contributed by atoms with van der Waals surface area (Å²) in [6, 6.07) is 0. The van der Waals surface area contributed by atoms with Gasteiger partial charge < -0.3 is 10.2 Å². The van der Waals surface area contributed by atoms with Crippen LogP contribution in [-0.4, -0.2) is 21.9 Å². The van der Waals surface area contributed by atoms with Crippen molar-refractivity contribution in [2.24, 2.45) is 11.8 Å². The topological polar surface area (TPSA) is 40.5 Å². The first kappa shape index (κ1) is 6.62. The van der Waals surface area contributed by atoms with Gasteiger partial charge >= 0.3 is 0 Å². The second-order valence-electron chi connectivity index (χ2n) is 4.06. The zero-order valence-electron chi connectivity index (χ0n) is 6.25. The number of hydrogen-bond donors (Lipinski definition) is 2. The van der Waals surface area contributed by atoms with Crippen LogP contribution in [0.1, 0.15) is 26.2 Å². The first-order chi connectivity index (χ1) is 4.59. The third-order valence-corrected chi connectivity index (χ3v) is 3.21. The van der Waals surface area contributed by atoms with Crippen LogP contribution in [0.2, 0.25) is 0 Å². The van der Waals surface area contributed by atoms with Crippen molar-refractivity contribution in [3.63, 3.8) is 0 Å². The molecule has 0 aliphatic heterocycles. The van der Waals surface area contributed by atoms with E-state index in [1.54, 1.807) is 0 Å². The maximum Gasteiger partial charge on any atom is 0.0652 e. The standard InChI is InChI=1S/C8H14O2/c1-8(10)4-5-2-6(8)3-7(5)9/h5-7,9-10H,2-4H2,1H3/t5-,6-,7-,8+/m0/s1. The van der Waals surface area contributed by atoms with Crippen molar-refractivity contribution >= 4 is 0 Å². The van der Waals surface area contributed by atoms with E-state index in [-0.39, 0.29) is 6.10 Å². The zero-order chi connectivity index (χ0) is 7.35. The minimum Gasteiger partial charge on any atom is -0.393 e. The van der Waals surface area contributed by atoms with Crippen molar-refractivity contribution in [3.8, 4) is 0 Å². The first-order valence-electron chi connectivity index (χ1n) is 4.00. The highest BCUT2D eigenvalue weighted by atomic mass is 16.3. The Balaban J connectivity index is 2.16.